The SMILES string of the molecule is CC(=O)N1CCN(C(=O)c2cccc(CSc3cnc(NC(=O)c4ccc(CNC(CO)CC5=CCC=N5)cc4)s3)c2)CC1. The Labute approximate surface area is 265 Å². The van der Waals surface area contributed by atoms with Crippen molar-refractivity contribution in [2.45, 2.75) is 42.3 Å². The average Bonchev–Trinajstić information content (AvgIpc) is 3.74. The molecule has 0 saturated carbocycles. The minimum Gasteiger partial charge on any atom is -0.395 e. The van der Waals surface area contributed by atoms with Gasteiger partial charge in [-0.1, -0.05) is 41.7 Å². The molecule has 3 heterocycles. The molecule has 0 spiro atoms. The number of amides is 3. The molecule has 2 aliphatic rings. The number of aromatic nitrogens is 1. The van der Waals surface area contributed by atoms with Crippen molar-refractivity contribution in [3.8, 4) is 0 Å². The van der Waals surface area contributed by atoms with Crippen LogP contribution in [0.4, 0.5) is 5.13 Å². The van der Waals surface area contributed by atoms with Gasteiger partial charge in [-0.25, -0.2) is 4.98 Å². The van der Waals surface area contributed by atoms with Crippen LogP contribution in [0, 0.1) is 0 Å². The fourth-order valence-corrected chi connectivity index (χ4v) is 6.76. The normalized spacial score (nSPS) is 15.3. The van der Waals surface area contributed by atoms with E-state index in [9.17, 15) is 19.5 Å². The molecule has 2 aromatic carbocycles. The lowest BCUT2D eigenvalue weighted by Gasteiger charge is -2.34. The van der Waals surface area contributed by atoms with Crippen molar-refractivity contribution in [3.63, 3.8) is 0 Å². The van der Waals surface area contributed by atoms with Gasteiger partial charge in [0.2, 0.25) is 5.91 Å². The number of aliphatic hydroxyl groups is 1. The molecule has 0 aliphatic carbocycles. The molecule has 44 heavy (non-hydrogen) atoms. The molecule has 3 aromatic rings. The van der Waals surface area contributed by atoms with Crippen molar-refractivity contribution in [2.75, 3.05) is 38.1 Å². The number of nitrogens with one attached hydrogen (secondary N) is 2. The molecule has 10 nitrogen and oxygen atoms in total. The summed E-state index contributed by atoms with van der Waals surface area (Å²) in [7, 11) is 0. The summed E-state index contributed by atoms with van der Waals surface area (Å²) < 4.78 is 0.955. The van der Waals surface area contributed by atoms with Crippen LogP contribution in [0.15, 0.2) is 75.7 Å². The van der Waals surface area contributed by atoms with Gasteiger partial charge in [0.05, 0.1) is 17.0 Å². The molecule has 230 valence electrons. The Morgan fingerprint density at radius 2 is 1.80 bits per heavy atom. The number of benzene rings is 2. The number of thiazole rings is 1. The molecular weight excluding hydrogens is 597 g/mol. The number of aliphatic imine (C=N–C) groups is 1. The number of aliphatic hydroxyl groups excluding tert-OH is 1. The summed E-state index contributed by atoms with van der Waals surface area (Å²) in [5.74, 6) is 0.447. The van der Waals surface area contributed by atoms with Crippen LogP contribution >= 0.6 is 23.1 Å². The van der Waals surface area contributed by atoms with Crippen LogP contribution < -0.4 is 10.6 Å². The lowest BCUT2D eigenvalue weighted by atomic mass is 10.1. The quantitative estimate of drug-likeness (QED) is 0.256. The summed E-state index contributed by atoms with van der Waals surface area (Å²) in [6.07, 6.45) is 7.20. The van der Waals surface area contributed by atoms with E-state index in [1.54, 1.807) is 46.8 Å². The lowest BCUT2D eigenvalue weighted by molar-refractivity contribution is -0.130. The zero-order valence-electron chi connectivity index (χ0n) is 24.6. The molecule has 3 amide bonds. The van der Waals surface area contributed by atoms with Crippen molar-refractivity contribution in [3.05, 3.63) is 88.8 Å². The number of carbonyl (C=O) groups excluding carboxylic acids is 3. The van der Waals surface area contributed by atoms with E-state index in [-0.39, 0.29) is 30.4 Å². The highest BCUT2D eigenvalue weighted by atomic mass is 32.2. The van der Waals surface area contributed by atoms with Gasteiger partial charge in [-0.15, -0.1) is 11.8 Å². The van der Waals surface area contributed by atoms with Crippen LogP contribution in [0.25, 0.3) is 0 Å². The second-order valence-electron chi connectivity index (χ2n) is 10.6. The molecule has 0 bridgehead atoms. The number of thioether (sulfide) groups is 1. The molecule has 1 fully saturated rings. The summed E-state index contributed by atoms with van der Waals surface area (Å²) in [5, 5.41) is 16.4. The maximum atomic E-state index is 13.0. The van der Waals surface area contributed by atoms with Gasteiger partial charge in [0.1, 0.15) is 0 Å². The third-order valence-electron chi connectivity index (χ3n) is 7.48. The van der Waals surface area contributed by atoms with E-state index < -0.39 is 0 Å². The van der Waals surface area contributed by atoms with E-state index in [0.717, 1.165) is 27.5 Å². The Morgan fingerprint density at radius 3 is 2.50 bits per heavy atom. The first-order valence-electron chi connectivity index (χ1n) is 14.6. The zero-order valence-corrected chi connectivity index (χ0v) is 26.2. The largest absolute Gasteiger partial charge is 0.395 e. The number of rotatable bonds is 12. The average molecular weight is 633 g/mol. The van der Waals surface area contributed by atoms with E-state index in [4.69, 9.17) is 0 Å². The Morgan fingerprint density at radius 1 is 1.02 bits per heavy atom. The maximum absolute atomic E-state index is 13.0. The molecular formula is C32H36N6O4S2. The fraction of sp³-hybridized carbons (Fsp3) is 0.344. The van der Waals surface area contributed by atoms with Crippen molar-refractivity contribution < 1.29 is 19.5 Å². The van der Waals surface area contributed by atoms with Gasteiger partial charge in [-0.2, -0.15) is 0 Å². The van der Waals surface area contributed by atoms with Crippen LogP contribution in [0.5, 0.6) is 0 Å². The molecule has 0 radical (unpaired) electrons. The van der Waals surface area contributed by atoms with Gasteiger partial charge in [-0.05, 0) is 35.4 Å². The Hall–Kier alpha value is -3.84. The lowest BCUT2D eigenvalue weighted by Crippen LogP contribution is -2.50. The minimum absolute atomic E-state index is 0.0195. The van der Waals surface area contributed by atoms with E-state index in [0.29, 0.717) is 61.2 Å². The van der Waals surface area contributed by atoms with Gasteiger partial charge in [0.15, 0.2) is 5.13 Å². The van der Waals surface area contributed by atoms with E-state index >= 15 is 0 Å². The van der Waals surface area contributed by atoms with E-state index in [2.05, 4.69) is 26.7 Å². The Balaban J connectivity index is 1.08. The highest BCUT2D eigenvalue weighted by molar-refractivity contribution is 8.00. The van der Waals surface area contributed by atoms with Crippen LogP contribution in [0.2, 0.25) is 0 Å². The maximum Gasteiger partial charge on any atom is 0.257 e. The number of nitrogens with zero attached hydrogens (tertiary/aromatic N) is 4. The topological polar surface area (TPSA) is 127 Å². The third-order valence-corrected chi connectivity index (χ3v) is 9.65. The zero-order chi connectivity index (χ0) is 30.9. The highest BCUT2D eigenvalue weighted by Gasteiger charge is 2.23. The second kappa shape index (κ2) is 15.2. The number of piperazine rings is 1. The first kappa shape index (κ1) is 31.6. The molecule has 1 atom stereocenters. The highest BCUT2D eigenvalue weighted by Crippen LogP contribution is 2.31. The van der Waals surface area contributed by atoms with Crippen molar-refractivity contribution in [1.29, 1.82) is 0 Å². The molecule has 3 N–H and O–H groups in total. The van der Waals surface area contributed by atoms with E-state index in [1.807, 2.05) is 42.6 Å². The smallest absolute Gasteiger partial charge is 0.257 e. The first-order chi connectivity index (χ1) is 21.4. The molecule has 1 aromatic heterocycles. The number of hydrogen-bond acceptors (Lipinski definition) is 9. The molecule has 1 unspecified atom stereocenters. The summed E-state index contributed by atoms with van der Waals surface area (Å²) >= 11 is 3.00. The monoisotopic (exact) mass is 632 g/mol. The number of allylic oxidation sites excluding steroid dienone is 1. The fourth-order valence-electron chi connectivity index (χ4n) is 4.95. The summed E-state index contributed by atoms with van der Waals surface area (Å²) in [5.41, 5.74) is 4.20. The standard InChI is InChI=1S/C32H36N6O4S2/c1-22(40)37-12-14-38(15-13-37)31(42)26-5-2-4-24(16-26)21-43-29-19-35-32(44-29)36-30(41)25-9-7-23(8-10-25)18-34-28(20-39)17-27-6-3-11-33-27/h2,4-11,16,19,28,34,39H,3,12-15,17-18,20-21H2,1H3,(H,35,36,41). The van der Waals surface area contributed by atoms with Crippen LogP contribution in [-0.4, -0.2) is 82.7 Å². The van der Waals surface area contributed by atoms with Gasteiger partial charge >= 0.3 is 0 Å². The minimum atomic E-state index is -0.231. The van der Waals surface area contributed by atoms with E-state index in [1.165, 1.54) is 11.3 Å². The van der Waals surface area contributed by atoms with Crippen molar-refractivity contribution in [1.82, 2.24) is 20.1 Å². The van der Waals surface area contributed by atoms with Gasteiger partial charge < -0.3 is 20.2 Å². The second-order valence-corrected chi connectivity index (χ2v) is 12.9. The third kappa shape index (κ3) is 8.63. The predicted molar refractivity (Wildman–Crippen MR) is 174 cm³/mol. The predicted octanol–water partition coefficient (Wildman–Crippen LogP) is 4.19. The van der Waals surface area contributed by atoms with Gasteiger partial charge in [-0.3, -0.25) is 24.7 Å². The van der Waals surface area contributed by atoms with Crippen LogP contribution in [0.1, 0.15) is 51.6 Å². The Bertz CT molecular complexity index is 1530. The molecule has 2 aliphatic heterocycles. The van der Waals surface area contributed by atoms with Crippen LogP contribution in [-0.2, 0) is 17.1 Å². The molecule has 1 saturated heterocycles. The molecule has 5 rings (SSSR count). The summed E-state index contributed by atoms with van der Waals surface area (Å²) in [4.78, 5) is 49.7. The van der Waals surface area contributed by atoms with Gasteiger partial charge in [0, 0.05) is 87.3 Å². The number of anilines is 1. The van der Waals surface area contributed by atoms with Crippen molar-refractivity contribution in [2.24, 2.45) is 4.99 Å². The number of carbonyl (C=O) groups is 3. The number of hydrogen-bond donors (Lipinski definition) is 3. The first-order valence-corrected chi connectivity index (χ1v) is 16.4. The molecule has 12 heteroatoms. The van der Waals surface area contributed by atoms with Gasteiger partial charge in [0.25, 0.3) is 11.8 Å². The van der Waals surface area contributed by atoms with Crippen LogP contribution in [0.3, 0.4) is 0 Å². The summed E-state index contributed by atoms with van der Waals surface area (Å²) in [6.45, 7) is 4.35. The van der Waals surface area contributed by atoms with Crippen molar-refractivity contribution >= 4 is 52.2 Å². The summed E-state index contributed by atoms with van der Waals surface area (Å²) in [6, 6.07) is 14.9. The Kier molecular flexibility index (Phi) is 10.9.